The van der Waals surface area contributed by atoms with E-state index in [1.165, 1.54) is 24.8 Å². The Morgan fingerprint density at radius 1 is 1.04 bits per heavy atom. The Morgan fingerprint density at radius 2 is 1.70 bits per heavy atom. The lowest BCUT2D eigenvalue weighted by molar-refractivity contribution is 0.269. The molecule has 0 amide bonds. The molecule has 0 N–H and O–H groups in total. The smallest absolute Gasteiger partial charge is 0.162 e. The second kappa shape index (κ2) is 9.56. The highest BCUT2D eigenvalue weighted by atomic mass is 79.9. The van der Waals surface area contributed by atoms with Gasteiger partial charge in [-0.15, -0.1) is 0 Å². The minimum atomic E-state index is 0.503. The molecule has 1 aliphatic heterocycles. The number of aryl methyl sites for hydroxylation is 1. The SMILES string of the molecule is CCOc1cc(C(=S)N2CCCCC2)c(Br)cc1OCc1ccc(C)cc1. The number of hydrogen-bond donors (Lipinski definition) is 0. The van der Waals surface area contributed by atoms with Gasteiger partial charge in [-0.3, -0.25) is 0 Å². The van der Waals surface area contributed by atoms with E-state index in [-0.39, 0.29) is 0 Å². The molecule has 1 aliphatic rings. The van der Waals surface area contributed by atoms with Crippen LogP contribution in [0.5, 0.6) is 11.5 Å². The molecule has 0 aliphatic carbocycles. The van der Waals surface area contributed by atoms with E-state index in [1.807, 2.05) is 19.1 Å². The summed E-state index contributed by atoms with van der Waals surface area (Å²) in [6.07, 6.45) is 3.69. The largest absolute Gasteiger partial charge is 0.490 e. The predicted molar refractivity (Wildman–Crippen MR) is 118 cm³/mol. The van der Waals surface area contributed by atoms with Crippen molar-refractivity contribution in [1.82, 2.24) is 4.90 Å². The first-order valence-electron chi connectivity index (χ1n) is 9.52. The van der Waals surface area contributed by atoms with Gasteiger partial charge in [-0.25, -0.2) is 0 Å². The van der Waals surface area contributed by atoms with Gasteiger partial charge in [0.25, 0.3) is 0 Å². The number of hydrogen-bond acceptors (Lipinski definition) is 3. The Hall–Kier alpha value is -1.59. The third-order valence-electron chi connectivity index (χ3n) is 4.72. The lowest BCUT2D eigenvalue weighted by Gasteiger charge is -2.30. The van der Waals surface area contributed by atoms with Gasteiger partial charge in [0.05, 0.1) is 6.61 Å². The molecule has 3 nitrogen and oxygen atoms in total. The summed E-state index contributed by atoms with van der Waals surface area (Å²) >= 11 is 9.45. The van der Waals surface area contributed by atoms with Crippen molar-refractivity contribution in [2.75, 3.05) is 19.7 Å². The van der Waals surface area contributed by atoms with E-state index < -0.39 is 0 Å². The van der Waals surface area contributed by atoms with Crippen molar-refractivity contribution in [1.29, 1.82) is 0 Å². The lowest BCUT2D eigenvalue weighted by atomic mass is 10.1. The molecule has 0 atom stereocenters. The molecule has 0 saturated carbocycles. The Labute approximate surface area is 175 Å². The number of piperidine rings is 1. The Bertz CT molecular complexity index is 786. The van der Waals surface area contributed by atoms with Gasteiger partial charge >= 0.3 is 0 Å². The van der Waals surface area contributed by atoms with E-state index in [9.17, 15) is 0 Å². The van der Waals surface area contributed by atoms with Gasteiger partial charge in [0.15, 0.2) is 11.5 Å². The van der Waals surface area contributed by atoms with Crippen LogP contribution in [0.25, 0.3) is 0 Å². The maximum atomic E-state index is 6.06. The second-order valence-electron chi connectivity index (χ2n) is 6.84. The molecule has 1 heterocycles. The Balaban J connectivity index is 1.80. The molecule has 27 heavy (non-hydrogen) atoms. The van der Waals surface area contributed by atoms with Crippen LogP contribution in [0.15, 0.2) is 40.9 Å². The molecule has 2 aromatic carbocycles. The van der Waals surface area contributed by atoms with Crippen molar-refractivity contribution in [2.45, 2.75) is 39.7 Å². The van der Waals surface area contributed by atoms with Gasteiger partial charge in [-0.2, -0.15) is 0 Å². The average molecular weight is 448 g/mol. The molecule has 1 fully saturated rings. The van der Waals surface area contributed by atoms with Crippen molar-refractivity contribution in [3.05, 3.63) is 57.6 Å². The van der Waals surface area contributed by atoms with Gasteiger partial charge in [0.2, 0.25) is 0 Å². The first-order chi connectivity index (χ1) is 13.1. The molecule has 1 saturated heterocycles. The normalized spacial score (nSPS) is 14.1. The number of rotatable bonds is 6. The summed E-state index contributed by atoms with van der Waals surface area (Å²) in [5.74, 6) is 1.47. The van der Waals surface area contributed by atoms with Gasteiger partial charge in [-0.1, -0.05) is 42.0 Å². The van der Waals surface area contributed by atoms with Crippen LogP contribution in [-0.2, 0) is 6.61 Å². The molecular formula is C22H26BrNO2S. The molecule has 0 spiro atoms. The summed E-state index contributed by atoms with van der Waals surface area (Å²) in [7, 11) is 0. The molecule has 5 heteroatoms. The van der Waals surface area contributed by atoms with E-state index >= 15 is 0 Å². The highest BCUT2D eigenvalue weighted by molar-refractivity contribution is 9.10. The monoisotopic (exact) mass is 447 g/mol. The van der Waals surface area contributed by atoms with E-state index in [4.69, 9.17) is 21.7 Å². The average Bonchev–Trinajstić information content (AvgIpc) is 2.69. The van der Waals surface area contributed by atoms with Gasteiger partial charge in [-0.05, 0) is 66.7 Å². The number of ether oxygens (including phenoxy) is 2. The molecule has 2 aromatic rings. The number of benzene rings is 2. The summed E-state index contributed by atoms with van der Waals surface area (Å²) < 4.78 is 12.9. The van der Waals surface area contributed by atoms with E-state index in [1.54, 1.807) is 0 Å². The van der Waals surface area contributed by atoms with Gasteiger partial charge < -0.3 is 14.4 Å². The first kappa shape index (κ1) is 20.2. The lowest BCUT2D eigenvalue weighted by Crippen LogP contribution is -2.35. The maximum absolute atomic E-state index is 6.06. The molecule has 0 unspecified atom stereocenters. The van der Waals surface area contributed by atoms with Crippen LogP contribution in [-0.4, -0.2) is 29.6 Å². The van der Waals surface area contributed by atoms with Crippen LogP contribution >= 0.6 is 28.1 Å². The minimum Gasteiger partial charge on any atom is -0.490 e. The van der Waals surface area contributed by atoms with Gasteiger partial charge in [0.1, 0.15) is 11.6 Å². The van der Waals surface area contributed by atoms with Crippen molar-refractivity contribution in [3.63, 3.8) is 0 Å². The molecule has 0 radical (unpaired) electrons. The molecular weight excluding hydrogens is 422 g/mol. The zero-order chi connectivity index (χ0) is 19.2. The van der Waals surface area contributed by atoms with E-state index in [0.717, 1.165) is 45.2 Å². The molecule has 0 bridgehead atoms. The van der Waals surface area contributed by atoms with Crippen LogP contribution in [0.1, 0.15) is 42.9 Å². The Morgan fingerprint density at radius 3 is 2.37 bits per heavy atom. The highest BCUT2D eigenvalue weighted by Gasteiger charge is 2.20. The van der Waals surface area contributed by atoms with E-state index in [0.29, 0.717) is 13.2 Å². The fourth-order valence-electron chi connectivity index (χ4n) is 3.19. The fraction of sp³-hybridized carbons (Fsp3) is 0.409. The summed E-state index contributed by atoms with van der Waals surface area (Å²) in [5, 5.41) is 0. The number of nitrogens with zero attached hydrogens (tertiary/aromatic N) is 1. The molecule has 3 rings (SSSR count). The topological polar surface area (TPSA) is 21.7 Å². The predicted octanol–water partition coefficient (Wildman–Crippen LogP) is 5.90. The third kappa shape index (κ3) is 5.23. The summed E-state index contributed by atoms with van der Waals surface area (Å²) in [6.45, 7) is 7.20. The summed E-state index contributed by atoms with van der Waals surface area (Å²) in [6, 6.07) is 12.4. The van der Waals surface area contributed by atoms with Crippen molar-refractivity contribution < 1.29 is 9.47 Å². The zero-order valence-corrected chi connectivity index (χ0v) is 18.4. The fourth-order valence-corrected chi connectivity index (χ4v) is 4.19. The first-order valence-corrected chi connectivity index (χ1v) is 10.7. The maximum Gasteiger partial charge on any atom is 0.162 e. The number of thiocarbonyl (C=S) groups is 1. The molecule has 0 aromatic heterocycles. The van der Waals surface area contributed by atoms with Crippen LogP contribution in [0, 0.1) is 6.92 Å². The van der Waals surface area contributed by atoms with Crippen LogP contribution < -0.4 is 9.47 Å². The standard InChI is InChI=1S/C22H26BrNO2S/c1-3-25-20-13-18(22(27)24-11-5-4-6-12-24)19(23)14-21(20)26-15-17-9-7-16(2)8-10-17/h7-10,13-14H,3-6,11-12,15H2,1-2H3. The van der Waals surface area contributed by atoms with Crippen LogP contribution in [0.4, 0.5) is 0 Å². The summed E-state index contributed by atoms with van der Waals surface area (Å²) in [5.41, 5.74) is 3.37. The number of likely N-dealkylation sites (tertiary alicyclic amines) is 1. The molecule has 144 valence electrons. The Kier molecular flexibility index (Phi) is 7.13. The number of halogens is 1. The second-order valence-corrected chi connectivity index (χ2v) is 8.08. The van der Waals surface area contributed by atoms with Crippen LogP contribution in [0.2, 0.25) is 0 Å². The van der Waals surface area contributed by atoms with Crippen molar-refractivity contribution in [2.24, 2.45) is 0 Å². The summed E-state index contributed by atoms with van der Waals surface area (Å²) in [4.78, 5) is 3.18. The van der Waals surface area contributed by atoms with Crippen molar-refractivity contribution in [3.8, 4) is 11.5 Å². The third-order valence-corrected chi connectivity index (χ3v) is 5.86. The highest BCUT2D eigenvalue weighted by Crippen LogP contribution is 2.35. The van der Waals surface area contributed by atoms with E-state index in [2.05, 4.69) is 52.0 Å². The van der Waals surface area contributed by atoms with Crippen LogP contribution in [0.3, 0.4) is 0 Å². The quantitative estimate of drug-likeness (QED) is 0.513. The zero-order valence-electron chi connectivity index (χ0n) is 16.0. The van der Waals surface area contributed by atoms with Gasteiger partial charge in [0, 0.05) is 23.1 Å². The van der Waals surface area contributed by atoms with Crippen molar-refractivity contribution >= 4 is 33.1 Å². The minimum absolute atomic E-state index is 0.503.